The van der Waals surface area contributed by atoms with Gasteiger partial charge >= 0.3 is 0 Å². The summed E-state index contributed by atoms with van der Waals surface area (Å²) in [6.45, 7) is 0. The number of benzene rings is 9. The van der Waals surface area contributed by atoms with Crippen molar-refractivity contribution in [1.82, 2.24) is 9.55 Å². The van der Waals surface area contributed by atoms with E-state index in [1.54, 1.807) is 0 Å². The molecule has 11 rings (SSSR count). The molecule has 9 aromatic carbocycles. The monoisotopic (exact) mass is 646 g/mol. The first kappa shape index (κ1) is 28.1. The zero-order valence-electron chi connectivity index (χ0n) is 27.7. The number of nitrogens with zero attached hydrogens (tertiary/aromatic N) is 2. The molecule has 0 aliphatic heterocycles. The molecule has 0 N–H and O–H groups in total. The Labute approximate surface area is 294 Å². The van der Waals surface area contributed by atoms with E-state index in [2.05, 4.69) is 174 Å². The zero-order valence-corrected chi connectivity index (χ0v) is 27.7. The highest BCUT2D eigenvalue weighted by molar-refractivity contribution is 6.28. The van der Waals surface area contributed by atoms with Gasteiger partial charge in [-0.15, -0.1) is 0 Å². The van der Waals surface area contributed by atoms with E-state index < -0.39 is 0 Å². The fourth-order valence-corrected chi connectivity index (χ4v) is 8.54. The standard InChI is InChI=1S/C49H30N2/c1-3-10-31(11-4-1)36-22-17-32-20-25-43-41(23-18-33-19-24-42(36)47(32)48(33)43)40-27-26-37(38-14-7-8-15-39(38)40)34-21-28-46-45(30-34)44-16-9-29-50-49(44)51(46)35-12-5-2-6-13-35/h1-30H. The number of hydrogen-bond donors (Lipinski definition) is 0. The third-order valence-electron chi connectivity index (χ3n) is 10.8. The van der Waals surface area contributed by atoms with Crippen molar-refractivity contribution in [3.63, 3.8) is 0 Å². The lowest BCUT2D eigenvalue weighted by Gasteiger charge is -2.18. The number of aromatic nitrogens is 2. The number of fused-ring (bicyclic) bond motifs is 4. The maximum atomic E-state index is 4.83. The van der Waals surface area contributed by atoms with Crippen LogP contribution in [0.3, 0.4) is 0 Å². The number of hydrogen-bond acceptors (Lipinski definition) is 1. The average molecular weight is 647 g/mol. The summed E-state index contributed by atoms with van der Waals surface area (Å²) in [6, 6.07) is 64.3. The van der Waals surface area contributed by atoms with Crippen LogP contribution in [0.1, 0.15) is 0 Å². The van der Waals surface area contributed by atoms with Crippen molar-refractivity contribution in [2.45, 2.75) is 0 Å². The van der Waals surface area contributed by atoms with Crippen molar-refractivity contribution in [2.75, 3.05) is 0 Å². The van der Waals surface area contributed by atoms with Gasteiger partial charge in [-0.25, -0.2) is 4.98 Å². The first-order valence-corrected chi connectivity index (χ1v) is 17.5. The molecular weight excluding hydrogens is 617 g/mol. The lowest BCUT2D eigenvalue weighted by molar-refractivity contribution is 1.14. The van der Waals surface area contributed by atoms with Gasteiger partial charge in [0.25, 0.3) is 0 Å². The molecule has 2 aromatic heterocycles. The fourth-order valence-electron chi connectivity index (χ4n) is 8.54. The van der Waals surface area contributed by atoms with E-state index in [-0.39, 0.29) is 0 Å². The van der Waals surface area contributed by atoms with E-state index in [1.807, 2.05) is 12.3 Å². The van der Waals surface area contributed by atoms with Crippen LogP contribution in [0.15, 0.2) is 182 Å². The van der Waals surface area contributed by atoms with Gasteiger partial charge in [0.2, 0.25) is 0 Å². The normalized spacial score (nSPS) is 11.9. The molecule has 236 valence electrons. The Kier molecular flexibility index (Phi) is 5.99. The van der Waals surface area contributed by atoms with Crippen molar-refractivity contribution < 1.29 is 0 Å². The van der Waals surface area contributed by atoms with Crippen molar-refractivity contribution in [1.29, 1.82) is 0 Å². The molecule has 0 unspecified atom stereocenters. The summed E-state index contributed by atoms with van der Waals surface area (Å²) in [7, 11) is 0. The molecule has 0 amide bonds. The van der Waals surface area contributed by atoms with E-state index in [1.165, 1.54) is 81.9 Å². The Morgan fingerprint density at radius 3 is 1.67 bits per heavy atom. The Bertz CT molecular complexity index is 3120. The van der Waals surface area contributed by atoms with Gasteiger partial charge in [-0.3, -0.25) is 4.57 Å². The molecule has 0 radical (unpaired) electrons. The zero-order chi connectivity index (χ0) is 33.5. The Balaban J connectivity index is 1.12. The van der Waals surface area contributed by atoms with Gasteiger partial charge < -0.3 is 0 Å². The third kappa shape index (κ3) is 4.14. The highest BCUT2D eigenvalue weighted by Crippen LogP contribution is 2.45. The van der Waals surface area contributed by atoms with E-state index in [9.17, 15) is 0 Å². The van der Waals surface area contributed by atoms with Crippen molar-refractivity contribution in [2.24, 2.45) is 0 Å². The molecule has 2 heterocycles. The second kappa shape index (κ2) is 10.9. The molecule has 0 saturated carbocycles. The molecule has 11 aromatic rings. The van der Waals surface area contributed by atoms with Crippen LogP contribution in [-0.4, -0.2) is 9.55 Å². The van der Waals surface area contributed by atoms with Gasteiger partial charge in [0.1, 0.15) is 5.65 Å². The lowest BCUT2D eigenvalue weighted by atomic mass is 9.85. The maximum absolute atomic E-state index is 4.83. The molecule has 0 saturated heterocycles. The highest BCUT2D eigenvalue weighted by Gasteiger charge is 2.18. The summed E-state index contributed by atoms with van der Waals surface area (Å²) < 4.78 is 2.27. The minimum atomic E-state index is 0.973. The molecule has 0 aliphatic rings. The van der Waals surface area contributed by atoms with Crippen LogP contribution in [0, 0.1) is 0 Å². The van der Waals surface area contributed by atoms with Gasteiger partial charge in [0.05, 0.1) is 5.52 Å². The van der Waals surface area contributed by atoms with E-state index in [4.69, 9.17) is 4.98 Å². The molecule has 0 atom stereocenters. The summed E-state index contributed by atoms with van der Waals surface area (Å²) >= 11 is 0. The Morgan fingerprint density at radius 2 is 0.902 bits per heavy atom. The molecule has 2 nitrogen and oxygen atoms in total. The third-order valence-corrected chi connectivity index (χ3v) is 10.8. The highest BCUT2D eigenvalue weighted by atomic mass is 15.0. The summed E-state index contributed by atoms with van der Waals surface area (Å²) in [5, 5.41) is 12.7. The predicted octanol–water partition coefficient (Wildman–Crippen LogP) is 13.2. The van der Waals surface area contributed by atoms with Crippen LogP contribution < -0.4 is 0 Å². The minimum absolute atomic E-state index is 0.973. The summed E-state index contributed by atoms with van der Waals surface area (Å²) in [4.78, 5) is 4.83. The van der Waals surface area contributed by atoms with Crippen LogP contribution in [0.5, 0.6) is 0 Å². The van der Waals surface area contributed by atoms with Gasteiger partial charge in [0, 0.05) is 22.7 Å². The van der Waals surface area contributed by atoms with Crippen LogP contribution >= 0.6 is 0 Å². The maximum Gasteiger partial charge on any atom is 0.145 e. The second-order valence-electron chi connectivity index (χ2n) is 13.5. The number of rotatable bonds is 4. The average Bonchev–Trinajstić information content (AvgIpc) is 3.54. The van der Waals surface area contributed by atoms with E-state index in [0.29, 0.717) is 0 Å². The quantitative estimate of drug-likeness (QED) is 0.174. The Hall–Kier alpha value is -6.77. The summed E-state index contributed by atoms with van der Waals surface area (Å²) in [5.74, 6) is 0. The molecule has 0 bridgehead atoms. The topological polar surface area (TPSA) is 17.8 Å². The molecular formula is C49H30N2. The van der Waals surface area contributed by atoms with Gasteiger partial charge in [-0.05, 0) is 113 Å². The van der Waals surface area contributed by atoms with Crippen molar-refractivity contribution in [3.05, 3.63) is 182 Å². The molecule has 0 fully saturated rings. The molecule has 0 aliphatic carbocycles. The van der Waals surface area contributed by atoms with Gasteiger partial charge in [0.15, 0.2) is 0 Å². The second-order valence-corrected chi connectivity index (χ2v) is 13.5. The van der Waals surface area contributed by atoms with Crippen molar-refractivity contribution in [3.8, 4) is 39.1 Å². The van der Waals surface area contributed by atoms with E-state index in [0.717, 1.165) is 22.2 Å². The smallest absolute Gasteiger partial charge is 0.145 e. The first-order valence-electron chi connectivity index (χ1n) is 17.5. The van der Waals surface area contributed by atoms with E-state index >= 15 is 0 Å². The predicted molar refractivity (Wildman–Crippen MR) is 216 cm³/mol. The lowest BCUT2D eigenvalue weighted by Crippen LogP contribution is -1.94. The Morgan fingerprint density at radius 1 is 0.353 bits per heavy atom. The molecule has 0 spiro atoms. The molecule has 51 heavy (non-hydrogen) atoms. The largest absolute Gasteiger partial charge is 0.294 e. The van der Waals surface area contributed by atoms with Crippen LogP contribution in [0.2, 0.25) is 0 Å². The first-order chi connectivity index (χ1) is 25.3. The number of para-hydroxylation sites is 1. The summed E-state index contributed by atoms with van der Waals surface area (Å²) in [6.07, 6.45) is 1.88. The molecule has 2 heteroatoms. The van der Waals surface area contributed by atoms with Gasteiger partial charge in [-0.2, -0.15) is 0 Å². The van der Waals surface area contributed by atoms with Crippen LogP contribution in [-0.2, 0) is 0 Å². The fraction of sp³-hybridized carbons (Fsp3) is 0. The SMILES string of the molecule is c1ccc(-c2ccc3ccc4c(-c5ccc(-c6ccc7c(c6)c6cccnc6n7-c6ccccc6)c6ccccc56)ccc5ccc2c3c54)cc1. The van der Waals surface area contributed by atoms with Crippen LogP contribution in [0.4, 0.5) is 0 Å². The van der Waals surface area contributed by atoms with Crippen molar-refractivity contribution >= 4 is 65.0 Å². The van der Waals surface area contributed by atoms with Crippen LogP contribution in [0.25, 0.3) is 104 Å². The van der Waals surface area contributed by atoms with Gasteiger partial charge in [-0.1, -0.05) is 140 Å². The summed E-state index contributed by atoms with van der Waals surface area (Å²) in [5.41, 5.74) is 10.7. The number of pyridine rings is 1. The minimum Gasteiger partial charge on any atom is -0.294 e.